The lowest BCUT2D eigenvalue weighted by molar-refractivity contribution is -0.297. The Morgan fingerprint density at radius 2 is 1.45 bits per heavy atom. The van der Waals surface area contributed by atoms with Crippen molar-refractivity contribution < 1.29 is 31.1 Å². The molecule has 1 atom stereocenters. The third-order valence-corrected chi connectivity index (χ3v) is 3.14. The lowest BCUT2D eigenvalue weighted by atomic mass is 10.0. The molecule has 0 heterocycles. The Kier molecular flexibility index (Phi) is 4.99. The molecule has 0 unspecified atom stereocenters. The number of amides is 2. The number of rotatable bonds is 3. The van der Waals surface area contributed by atoms with Crippen molar-refractivity contribution in [2.45, 2.75) is 37.8 Å². The van der Waals surface area contributed by atoms with E-state index in [0.29, 0.717) is 5.56 Å². The molecule has 0 bridgehead atoms. The fourth-order valence-electron chi connectivity index (χ4n) is 1.59. The fraction of sp³-hybridized carbons (Fsp3) is 0.462. The minimum Gasteiger partial charge on any atom is -0.332 e. The van der Waals surface area contributed by atoms with Gasteiger partial charge in [-0.3, -0.25) is 0 Å². The molecule has 0 saturated heterocycles. The molecule has 1 rings (SSSR count). The van der Waals surface area contributed by atoms with Gasteiger partial charge in [0.1, 0.15) is 0 Å². The van der Waals surface area contributed by atoms with Crippen LogP contribution in [0.4, 0.5) is 31.1 Å². The van der Waals surface area contributed by atoms with Crippen molar-refractivity contribution >= 4 is 6.03 Å². The first-order valence-electron chi connectivity index (χ1n) is 6.15. The first kappa shape index (κ1) is 18.1. The first-order valence-corrected chi connectivity index (χ1v) is 6.15. The van der Waals surface area contributed by atoms with Crippen LogP contribution in [0.25, 0.3) is 0 Å². The van der Waals surface area contributed by atoms with E-state index >= 15 is 0 Å². The highest BCUT2D eigenvalue weighted by molar-refractivity contribution is 5.75. The lowest BCUT2D eigenvalue weighted by Gasteiger charge is -2.34. The van der Waals surface area contributed by atoms with Crippen molar-refractivity contribution in [3.8, 4) is 0 Å². The molecule has 124 valence electrons. The summed E-state index contributed by atoms with van der Waals surface area (Å²) in [5, 5.41) is 3.02. The third kappa shape index (κ3) is 3.83. The second-order valence-corrected chi connectivity index (χ2v) is 4.85. The molecule has 3 nitrogen and oxygen atoms in total. The Morgan fingerprint density at radius 3 is 1.86 bits per heavy atom. The number of carbonyl (C=O) groups excluding carboxylic acids is 1. The summed E-state index contributed by atoms with van der Waals surface area (Å²) < 4.78 is 76.0. The molecule has 0 spiro atoms. The summed E-state index contributed by atoms with van der Waals surface area (Å²) in [5.41, 5.74) is -3.79. The number of halogens is 6. The minimum atomic E-state index is -5.68. The largest absolute Gasteiger partial charge is 0.420 e. The van der Waals surface area contributed by atoms with Crippen LogP contribution < -0.4 is 10.6 Å². The van der Waals surface area contributed by atoms with Gasteiger partial charge in [0.25, 0.3) is 0 Å². The average Bonchev–Trinajstić information content (AvgIpc) is 2.36. The van der Waals surface area contributed by atoms with E-state index in [0.717, 1.165) is 5.32 Å². The van der Waals surface area contributed by atoms with Gasteiger partial charge in [0.05, 0.1) is 6.04 Å². The molecule has 0 aliphatic carbocycles. The van der Waals surface area contributed by atoms with Gasteiger partial charge in [-0.2, -0.15) is 26.3 Å². The summed E-state index contributed by atoms with van der Waals surface area (Å²) in [6, 6.07) is 5.78. The molecular formula is C13H14F6N2O. The second kappa shape index (κ2) is 6.05. The van der Waals surface area contributed by atoms with Crippen LogP contribution in [-0.4, -0.2) is 23.9 Å². The summed E-state index contributed by atoms with van der Waals surface area (Å²) in [6.07, 6.45) is -11.4. The molecule has 0 aliphatic heterocycles. The summed E-state index contributed by atoms with van der Waals surface area (Å²) in [7, 11) is 0. The van der Waals surface area contributed by atoms with E-state index in [-0.39, 0.29) is 6.92 Å². The molecule has 22 heavy (non-hydrogen) atoms. The quantitative estimate of drug-likeness (QED) is 0.811. The second-order valence-electron chi connectivity index (χ2n) is 4.85. The molecule has 9 heteroatoms. The monoisotopic (exact) mass is 328 g/mol. The van der Waals surface area contributed by atoms with Gasteiger partial charge in [-0.05, 0) is 19.4 Å². The lowest BCUT2D eigenvalue weighted by Crippen LogP contribution is -2.67. The van der Waals surface area contributed by atoms with Crippen LogP contribution in [0.3, 0.4) is 0 Å². The SMILES string of the molecule is C[C@@H](NC(=O)NC(C)(C(F)(F)F)C(F)(F)F)c1ccccc1. The summed E-state index contributed by atoms with van der Waals surface area (Å²) in [5.74, 6) is 0. The maximum atomic E-state index is 12.7. The number of benzene rings is 1. The number of carbonyl (C=O) groups is 1. The molecule has 1 aromatic carbocycles. The van der Waals surface area contributed by atoms with Crippen LogP contribution in [0, 0.1) is 0 Å². The van der Waals surface area contributed by atoms with Crippen LogP contribution in [0.5, 0.6) is 0 Å². The van der Waals surface area contributed by atoms with Crippen LogP contribution in [0.1, 0.15) is 25.5 Å². The van der Waals surface area contributed by atoms with Gasteiger partial charge in [0, 0.05) is 0 Å². The van der Waals surface area contributed by atoms with E-state index in [1.165, 1.54) is 6.92 Å². The molecule has 2 amide bonds. The third-order valence-electron chi connectivity index (χ3n) is 3.14. The van der Waals surface area contributed by atoms with E-state index in [2.05, 4.69) is 0 Å². The molecule has 0 fully saturated rings. The molecule has 0 radical (unpaired) electrons. The van der Waals surface area contributed by atoms with Gasteiger partial charge in [-0.15, -0.1) is 0 Å². The van der Waals surface area contributed by atoms with E-state index in [1.54, 1.807) is 30.3 Å². The molecule has 1 aromatic rings. The van der Waals surface area contributed by atoms with E-state index in [9.17, 15) is 31.1 Å². The van der Waals surface area contributed by atoms with E-state index < -0.39 is 30.0 Å². The fourth-order valence-corrected chi connectivity index (χ4v) is 1.59. The van der Waals surface area contributed by atoms with Crippen molar-refractivity contribution in [3.05, 3.63) is 35.9 Å². The van der Waals surface area contributed by atoms with Gasteiger partial charge in [0.2, 0.25) is 5.54 Å². The Bertz CT molecular complexity index is 498. The number of urea groups is 1. The standard InChI is InChI=1S/C13H14F6N2O/c1-8(9-6-4-3-5-7-9)20-10(22)21-11(2,12(14,15)16)13(17,18)19/h3-8H,1-2H3,(H2,20,21,22)/t8-/m1/s1. The molecule has 0 aromatic heterocycles. The van der Waals surface area contributed by atoms with Crippen LogP contribution in [-0.2, 0) is 0 Å². The zero-order chi connectivity index (χ0) is 17.2. The Hall–Kier alpha value is -1.93. The maximum absolute atomic E-state index is 12.7. The zero-order valence-corrected chi connectivity index (χ0v) is 11.6. The number of nitrogens with one attached hydrogen (secondary N) is 2. The minimum absolute atomic E-state index is 0.125. The van der Waals surface area contributed by atoms with Gasteiger partial charge in [-0.1, -0.05) is 30.3 Å². The number of hydrogen-bond acceptors (Lipinski definition) is 1. The Balaban J connectivity index is 2.86. The topological polar surface area (TPSA) is 41.1 Å². The summed E-state index contributed by atoms with van der Waals surface area (Å²) in [6.45, 7) is 1.31. The highest BCUT2D eigenvalue weighted by Crippen LogP contribution is 2.42. The Morgan fingerprint density at radius 1 is 1.00 bits per heavy atom. The normalized spacial score (nSPS) is 14.4. The van der Waals surface area contributed by atoms with Crippen LogP contribution in [0.15, 0.2) is 30.3 Å². The predicted octanol–water partition coefficient (Wildman–Crippen LogP) is 3.93. The summed E-state index contributed by atoms with van der Waals surface area (Å²) in [4.78, 5) is 11.5. The molecular weight excluding hydrogens is 314 g/mol. The maximum Gasteiger partial charge on any atom is 0.420 e. The van der Waals surface area contributed by atoms with Crippen molar-refractivity contribution in [3.63, 3.8) is 0 Å². The van der Waals surface area contributed by atoms with E-state index in [4.69, 9.17) is 0 Å². The van der Waals surface area contributed by atoms with Crippen LogP contribution >= 0.6 is 0 Å². The van der Waals surface area contributed by atoms with E-state index in [1.807, 2.05) is 5.32 Å². The van der Waals surface area contributed by atoms with Gasteiger partial charge >= 0.3 is 18.4 Å². The van der Waals surface area contributed by atoms with Crippen molar-refractivity contribution in [1.29, 1.82) is 0 Å². The predicted molar refractivity (Wildman–Crippen MR) is 67.0 cm³/mol. The summed E-state index contributed by atoms with van der Waals surface area (Å²) >= 11 is 0. The van der Waals surface area contributed by atoms with Crippen molar-refractivity contribution in [2.75, 3.05) is 0 Å². The Labute approximate surface area is 122 Å². The smallest absolute Gasteiger partial charge is 0.332 e. The zero-order valence-electron chi connectivity index (χ0n) is 11.6. The van der Waals surface area contributed by atoms with Crippen molar-refractivity contribution in [1.82, 2.24) is 10.6 Å². The van der Waals surface area contributed by atoms with Crippen molar-refractivity contribution in [2.24, 2.45) is 0 Å². The van der Waals surface area contributed by atoms with Gasteiger partial charge < -0.3 is 10.6 Å². The number of alkyl halides is 6. The van der Waals surface area contributed by atoms with Gasteiger partial charge in [0.15, 0.2) is 0 Å². The molecule has 0 saturated carbocycles. The average molecular weight is 328 g/mol. The van der Waals surface area contributed by atoms with Gasteiger partial charge in [-0.25, -0.2) is 4.79 Å². The highest BCUT2D eigenvalue weighted by atomic mass is 19.4. The number of hydrogen-bond donors (Lipinski definition) is 2. The first-order chi connectivity index (χ1) is 9.88. The molecule has 0 aliphatic rings. The highest BCUT2D eigenvalue weighted by Gasteiger charge is 2.68. The molecule has 2 N–H and O–H groups in total. The van der Waals surface area contributed by atoms with Crippen LogP contribution in [0.2, 0.25) is 0 Å².